The summed E-state index contributed by atoms with van der Waals surface area (Å²) in [5.74, 6) is 1.83. The Bertz CT molecular complexity index is 789. The van der Waals surface area contributed by atoms with Gasteiger partial charge in [0.15, 0.2) is 11.5 Å². The van der Waals surface area contributed by atoms with E-state index < -0.39 is 5.41 Å². The van der Waals surface area contributed by atoms with E-state index in [1.165, 1.54) is 0 Å². The van der Waals surface area contributed by atoms with E-state index in [9.17, 15) is 10.1 Å². The van der Waals surface area contributed by atoms with Crippen LogP contribution in [-0.4, -0.2) is 13.0 Å². The molecule has 0 bridgehead atoms. The fourth-order valence-corrected chi connectivity index (χ4v) is 2.78. The first-order chi connectivity index (χ1) is 12.2. The van der Waals surface area contributed by atoms with Gasteiger partial charge < -0.3 is 14.8 Å². The van der Waals surface area contributed by atoms with Gasteiger partial charge in [-0.1, -0.05) is 24.3 Å². The Kier molecular flexibility index (Phi) is 4.90. The third-order valence-electron chi connectivity index (χ3n) is 4.53. The number of ether oxygens (including phenoxy) is 2. The van der Waals surface area contributed by atoms with Crippen LogP contribution in [0.15, 0.2) is 48.5 Å². The molecule has 0 aliphatic heterocycles. The van der Waals surface area contributed by atoms with Crippen molar-refractivity contribution in [1.82, 2.24) is 5.32 Å². The number of hydrogen-bond donors (Lipinski definition) is 1. The number of nitriles is 1. The molecule has 3 rings (SSSR count). The predicted molar refractivity (Wildman–Crippen MR) is 93.3 cm³/mol. The maximum absolute atomic E-state index is 12.2. The number of hydrogen-bond acceptors (Lipinski definition) is 4. The average Bonchev–Trinajstić information content (AvgIpc) is 2.61. The summed E-state index contributed by atoms with van der Waals surface area (Å²) in [7, 11) is 1.60. The van der Waals surface area contributed by atoms with Crippen molar-refractivity contribution >= 4 is 5.91 Å². The third-order valence-corrected chi connectivity index (χ3v) is 4.53. The molecule has 0 atom stereocenters. The number of methoxy groups -OCH3 is 1. The SMILES string of the molecule is COc1ccccc1Oc1ccc(CNC(=O)C2(C#N)CCC2)cc1. The van der Waals surface area contributed by atoms with Gasteiger partial charge in [-0.3, -0.25) is 4.79 Å². The van der Waals surface area contributed by atoms with E-state index in [2.05, 4.69) is 11.4 Å². The summed E-state index contributed by atoms with van der Waals surface area (Å²) >= 11 is 0. The number of benzene rings is 2. The van der Waals surface area contributed by atoms with Gasteiger partial charge in [-0.2, -0.15) is 5.26 Å². The van der Waals surface area contributed by atoms with Crippen LogP contribution < -0.4 is 14.8 Å². The summed E-state index contributed by atoms with van der Waals surface area (Å²) in [6.45, 7) is 0.400. The smallest absolute Gasteiger partial charge is 0.240 e. The molecule has 2 aromatic rings. The molecule has 0 spiro atoms. The second kappa shape index (κ2) is 7.27. The van der Waals surface area contributed by atoms with E-state index in [-0.39, 0.29) is 5.91 Å². The number of rotatable bonds is 6. The quantitative estimate of drug-likeness (QED) is 0.871. The van der Waals surface area contributed by atoms with Crippen molar-refractivity contribution < 1.29 is 14.3 Å². The lowest BCUT2D eigenvalue weighted by Crippen LogP contribution is -2.44. The van der Waals surface area contributed by atoms with Crippen LogP contribution in [0.2, 0.25) is 0 Å². The molecule has 1 saturated carbocycles. The van der Waals surface area contributed by atoms with Gasteiger partial charge in [-0.15, -0.1) is 0 Å². The molecule has 1 N–H and O–H groups in total. The van der Waals surface area contributed by atoms with Gasteiger partial charge in [-0.05, 0) is 49.1 Å². The zero-order valence-electron chi connectivity index (χ0n) is 14.1. The first kappa shape index (κ1) is 16.8. The minimum atomic E-state index is -0.813. The number of amides is 1. The van der Waals surface area contributed by atoms with E-state index in [0.29, 0.717) is 36.6 Å². The summed E-state index contributed by atoms with van der Waals surface area (Å²) in [5, 5.41) is 12.0. The van der Waals surface area contributed by atoms with Crippen LogP contribution >= 0.6 is 0 Å². The van der Waals surface area contributed by atoms with Gasteiger partial charge in [0.05, 0.1) is 13.2 Å². The number of carbonyl (C=O) groups excluding carboxylic acids is 1. The molecule has 128 valence electrons. The number of para-hydroxylation sites is 2. The Morgan fingerprint density at radius 1 is 1.16 bits per heavy atom. The van der Waals surface area contributed by atoms with Crippen molar-refractivity contribution in [1.29, 1.82) is 5.26 Å². The molecule has 25 heavy (non-hydrogen) atoms. The van der Waals surface area contributed by atoms with Crippen LogP contribution in [0.4, 0.5) is 0 Å². The Balaban J connectivity index is 1.59. The molecule has 0 unspecified atom stereocenters. The lowest BCUT2D eigenvalue weighted by molar-refractivity contribution is -0.131. The average molecular weight is 336 g/mol. The third kappa shape index (κ3) is 3.58. The Morgan fingerprint density at radius 3 is 2.40 bits per heavy atom. The molecule has 0 saturated heterocycles. The van der Waals surface area contributed by atoms with E-state index in [1.807, 2.05) is 48.5 Å². The van der Waals surface area contributed by atoms with Crippen molar-refractivity contribution in [3.8, 4) is 23.3 Å². The maximum Gasteiger partial charge on any atom is 0.240 e. The Morgan fingerprint density at radius 2 is 1.84 bits per heavy atom. The second-order valence-electron chi connectivity index (χ2n) is 6.13. The molecule has 1 aliphatic carbocycles. The highest BCUT2D eigenvalue weighted by atomic mass is 16.5. The fraction of sp³-hybridized carbons (Fsp3) is 0.300. The maximum atomic E-state index is 12.2. The normalized spacial score (nSPS) is 14.7. The Labute approximate surface area is 147 Å². The summed E-state index contributed by atoms with van der Waals surface area (Å²) in [6, 6.07) is 17.1. The van der Waals surface area contributed by atoms with Crippen molar-refractivity contribution in [2.24, 2.45) is 5.41 Å². The highest BCUT2D eigenvalue weighted by Gasteiger charge is 2.44. The van der Waals surface area contributed by atoms with Crippen LogP contribution in [0.1, 0.15) is 24.8 Å². The molecule has 0 aromatic heterocycles. The molecule has 0 heterocycles. The van der Waals surface area contributed by atoms with Gasteiger partial charge in [0.25, 0.3) is 0 Å². The first-order valence-corrected chi connectivity index (χ1v) is 8.26. The van der Waals surface area contributed by atoms with Gasteiger partial charge in [0.1, 0.15) is 11.2 Å². The summed E-state index contributed by atoms with van der Waals surface area (Å²) in [5.41, 5.74) is 0.139. The minimum Gasteiger partial charge on any atom is -0.493 e. The lowest BCUT2D eigenvalue weighted by Gasteiger charge is -2.33. The molecule has 0 radical (unpaired) electrons. The molecule has 5 nitrogen and oxygen atoms in total. The first-order valence-electron chi connectivity index (χ1n) is 8.26. The summed E-state index contributed by atoms with van der Waals surface area (Å²) in [6.07, 6.45) is 2.25. The lowest BCUT2D eigenvalue weighted by atomic mass is 9.69. The molecule has 1 amide bonds. The van der Waals surface area contributed by atoms with Crippen LogP contribution in [0.25, 0.3) is 0 Å². The molecular formula is C20H20N2O3. The van der Waals surface area contributed by atoms with Crippen LogP contribution in [0.3, 0.4) is 0 Å². The second-order valence-corrected chi connectivity index (χ2v) is 6.13. The van der Waals surface area contributed by atoms with Crippen molar-refractivity contribution in [2.45, 2.75) is 25.8 Å². The zero-order valence-corrected chi connectivity index (χ0v) is 14.1. The van der Waals surface area contributed by atoms with E-state index in [1.54, 1.807) is 7.11 Å². The Hall–Kier alpha value is -3.00. The van der Waals surface area contributed by atoms with Crippen LogP contribution in [-0.2, 0) is 11.3 Å². The van der Waals surface area contributed by atoms with Gasteiger partial charge in [0.2, 0.25) is 5.91 Å². The van der Waals surface area contributed by atoms with Crippen molar-refractivity contribution in [2.75, 3.05) is 7.11 Å². The molecular weight excluding hydrogens is 316 g/mol. The standard InChI is InChI=1S/C20H20N2O3/c1-24-17-5-2-3-6-18(17)25-16-9-7-15(8-10-16)13-22-19(23)20(14-21)11-4-12-20/h2-3,5-10H,4,11-13H2,1H3,(H,22,23). The van der Waals surface area contributed by atoms with E-state index in [0.717, 1.165) is 12.0 Å². The van der Waals surface area contributed by atoms with Crippen LogP contribution in [0.5, 0.6) is 17.2 Å². The number of nitrogens with zero attached hydrogens (tertiary/aromatic N) is 1. The van der Waals surface area contributed by atoms with Gasteiger partial charge in [-0.25, -0.2) is 0 Å². The minimum absolute atomic E-state index is 0.171. The van der Waals surface area contributed by atoms with Gasteiger partial charge in [0, 0.05) is 6.54 Å². The monoisotopic (exact) mass is 336 g/mol. The number of carbonyl (C=O) groups is 1. The molecule has 1 aliphatic rings. The van der Waals surface area contributed by atoms with Crippen LogP contribution in [0, 0.1) is 16.7 Å². The topological polar surface area (TPSA) is 71.3 Å². The van der Waals surface area contributed by atoms with Gasteiger partial charge >= 0.3 is 0 Å². The predicted octanol–water partition coefficient (Wildman–Crippen LogP) is 3.80. The summed E-state index contributed by atoms with van der Waals surface area (Å²) in [4.78, 5) is 12.2. The molecule has 2 aromatic carbocycles. The highest BCUT2D eigenvalue weighted by Crippen LogP contribution is 2.40. The molecule has 1 fully saturated rings. The summed E-state index contributed by atoms with van der Waals surface area (Å²) < 4.78 is 11.1. The van der Waals surface area contributed by atoms with Crippen molar-refractivity contribution in [3.05, 3.63) is 54.1 Å². The highest BCUT2D eigenvalue weighted by molar-refractivity contribution is 5.86. The zero-order chi connectivity index (χ0) is 17.7. The van der Waals surface area contributed by atoms with Crippen molar-refractivity contribution in [3.63, 3.8) is 0 Å². The fourth-order valence-electron chi connectivity index (χ4n) is 2.78. The number of nitrogens with one attached hydrogen (secondary N) is 1. The van der Waals surface area contributed by atoms with E-state index >= 15 is 0 Å². The molecule has 5 heteroatoms. The van der Waals surface area contributed by atoms with E-state index in [4.69, 9.17) is 9.47 Å². The largest absolute Gasteiger partial charge is 0.493 e.